The van der Waals surface area contributed by atoms with Gasteiger partial charge in [0.15, 0.2) is 5.17 Å². The van der Waals surface area contributed by atoms with E-state index in [9.17, 15) is 4.79 Å². The Morgan fingerprint density at radius 2 is 1.83 bits per heavy atom. The van der Waals surface area contributed by atoms with Gasteiger partial charge in [0.05, 0.1) is 10.6 Å². The standard InChI is InChI=1S/C18H15IN2OS/c1-11-7-12(2)9-14(8-11)20-18-21-17(22)16(23-18)10-13-5-3-4-6-15(13)19/h3-10H,1-2H3,(H,20,21,22). The van der Waals surface area contributed by atoms with Gasteiger partial charge in [-0.3, -0.25) is 4.79 Å². The molecule has 1 saturated heterocycles. The van der Waals surface area contributed by atoms with Crippen molar-refractivity contribution in [3.8, 4) is 0 Å². The van der Waals surface area contributed by atoms with E-state index in [1.807, 2.05) is 56.3 Å². The Bertz CT molecular complexity index is 822. The van der Waals surface area contributed by atoms with E-state index in [0.717, 1.165) is 25.9 Å². The minimum Gasteiger partial charge on any atom is -0.300 e. The van der Waals surface area contributed by atoms with Crippen LogP contribution in [-0.4, -0.2) is 11.1 Å². The van der Waals surface area contributed by atoms with Gasteiger partial charge < -0.3 is 5.32 Å². The summed E-state index contributed by atoms with van der Waals surface area (Å²) in [5.74, 6) is -0.0993. The first-order chi connectivity index (χ1) is 11.0. The molecule has 0 aliphatic carbocycles. The molecule has 0 atom stereocenters. The summed E-state index contributed by atoms with van der Waals surface area (Å²) in [5.41, 5.74) is 4.22. The summed E-state index contributed by atoms with van der Waals surface area (Å²) in [5, 5.41) is 3.46. The monoisotopic (exact) mass is 434 g/mol. The second-order valence-electron chi connectivity index (χ2n) is 5.35. The number of rotatable bonds is 2. The summed E-state index contributed by atoms with van der Waals surface area (Å²) >= 11 is 3.65. The lowest BCUT2D eigenvalue weighted by Gasteiger charge is -2.00. The van der Waals surface area contributed by atoms with Gasteiger partial charge in [-0.15, -0.1) is 0 Å². The van der Waals surface area contributed by atoms with Crippen LogP contribution >= 0.6 is 34.4 Å². The molecule has 1 aliphatic rings. The van der Waals surface area contributed by atoms with Crippen molar-refractivity contribution < 1.29 is 4.79 Å². The lowest BCUT2D eigenvalue weighted by molar-refractivity contribution is -0.115. The largest absolute Gasteiger partial charge is 0.300 e. The van der Waals surface area contributed by atoms with Crippen molar-refractivity contribution in [1.82, 2.24) is 5.32 Å². The maximum atomic E-state index is 12.1. The fraction of sp³-hybridized carbons (Fsp3) is 0.111. The highest BCUT2D eigenvalue weighted by molar-refractivity contribution is 14.1. The number of halogens is 1. The maximum absolute atomic E-state index is 12.1. The molecule has 0 unspecified atom stereocenters. The van der Waals surface area contributed by atoms with Crippen LogP contribution in [0.1, 0.15) is 16.7 Å². The number of hydrogen-bond donors (Lipinski definition) is 1. The van der Waals surface area contributed by atoms with E-state index in [4.69, 9.17) is 0 Å². The second-order valence-corrected chi connectivity index (χ2v) is 7.54. The Morgan fingerprint density at radius 3 is 2.52 bits per heavy atom. The van der Waals surface area contributed by atoms with Gasteiger partial charge in [-0.2, -0.15) is 0 Å². The number of carbonyl (C=O) groups excluding carboxylic acids is 1. The smallest absolute Gasteiger partial charge is 0.264 e. The Morgan fingerprint density at radius 1 is 1.13 bits per heavy atom. The van der Waals surface area contributed by atoms with E-state index in [1.54, 1.807) is 0 Å². The number of nitrogens with zero attached hydrogens (tertiary/aromatic N) is 1. The molecule has 0 radical (unpaired) electrons. The Labute approximate surface area is 153 Å². The third-order valence-corrected chi connectivity index (χ3v) is 5.17. The highest BCUT2D eigenvalue weighted by Gasteiger charge is 2.24. The van der Waals surface area contributed by atoms with Crippen molar-refractivity contribution >= 4 is 57.2 Å². The maximum Gasteiger partial charge on any atom is 0.264 e. The molecule has 0 aromatic heterocycles. The molecule has 1 N–H and O–H groups in total. The number of amidine groups is 1. The minimum absolute atomic E-state index is 0.0993. The first-order valence-electron chi connectivity index (χ1n) is 7.14. The van der Waals surface area contributed by atoms with E-state index >= 15 is 0 Å². The van der Waals surface area contributed by atoms with Gasteiger partial charge in [0.25, 0.3) is 5.91 Å². The van der Waals surface area contributed by atoms with Crippen LogP contribution in [0.15, 0.2) is 52.4 Å². The Kier molecular flexibility index (Phi) is 4.87. The van der Waals surface area contributed by atoms with E-state index in [0.29, 0.717) is 10.1 Å². The fourth-order valence-electron chi connectivity index (χ4n) is 2.35. The van der Waals surface area contributed by atoms with Crippen LogP contribution < -0.4 is 5.32 Å². The Hall–Kier alpha value is -1.60. The lowest BCUT2D eigenvalue weighted by atomic mass is 10.1. The third kappa shape index (κ3) is 4.03. The number of amides is 1. The Balaban J connectivity index is 1.87. The molecule has 0 spiro atoms. The molecule has 1 fully saturated rings. The molecule has 1 aliphatic heterocycles. The molecule has 0 bridgehead atoms. The molecule has 116 valence electrons. The molecule has 23 heavy (non-hydrogen) atoms. The summed E-state index contributed by atoms with van der Waals surface area (Å²) in [6, 6.07) is 14.1. The predicted molar refractivity (Wildman–Crippen MR) is 106 cm³/mol. The number of aliphatic imine (C=N–C) groups is 1. The highest BCUT2D eigenvalue weighted by Crippen LogP contribution is 2.29. The van der Waals surface area contributed by atoms with Gasteiger partial charge in [0.2, 0.25) is 0 Å². The first-order valence-corrected chi connectivity index (χ1v) is 9.03. The number of hydrogen-bond acceptors (Lipinski definition) is 3. The van der Waals surface area contributed by atoms with Crippen LogP contribution in [0.3, 0.4) is 0 Å². The van der Waals surface area contributed by atoms with Crippen molar-refractivity contribution in [1.29, 1.82) is 0 Å². The molecule has 5 heteroatoms. The highest BCUT2D eigenvalue weighted by atomic mass is 127. The summed E-state index contributed by atoms with van der Waals surface area (Å²) in [6.45, 7) is 4.08. The van der Waals surface area contributed by atoms with Crippen molar-refractivity contribution in [2.45, 2.75) is 13.8 Å². The van der Waals surface area contributed by atoms with Gasteiger partial charge >= 0.3 is 0 Å². The number of thioether (sulfide) groups is 1. The summed E-state index contributed by atoms with van der Waals surface area (Å²) in [4.78, 5) is 17.4. The van der Waals surface area contributed by atoms with Gasteiger partial charge in [-0.1, -0.05) is 24.3 Å². The van der Waals surface area contributed by atoms with E-state index in [1.165, 1.54) is 11.8 Å². The lowest BCUT2D eigenvalue weighted by Crippen LogP contribution is -2.19. The summed E-state index contributed by atoms with van der Waals surface area (Å²) < 4.78 is 1.12. The number of benzene rings is 2. The number of aryl methyl sites for hydroxylation is 2. The number of nitrogens with one attached hydrogen (secondary N) is 1. The average Bonchev–Trinajstić information content (AvgIpc) is 2.80. The predicted octanol–water partition coefficient (Wildman–Crippen LogP) is 4.80. The SMILES string of the molecule is Cc1cc(C)cc(N=C2NC(=O)C(=Cc3ccccc3I)S2)c1. The molecule has 2 aromatic carbocycles. The molecule has 2 aromatic rings. The van der Waals surface area contributed by atoms with Crippen LogP contribution in [0.5, 0.6) is 0 Å². The quantitative estimate of drug-likeness (QED) is 0.545. The fourth-order valence-corrected chi connectivity index (χ4v) is 3.72. The zero-order valence-corrected chi connectivity index (χ0v) is 15.7. The van der Waals surface area contributed by atoms with E-state index in [2.05, 4.69) is 39.0 Å². The molecule has 1 amide bonds. The van der Waals surface area contributed by atoms with Crippen molar-refractivity contribution in [3.63, 3.8) is 0 Å². The van der Waals surface area contributed by atoms with Crippen LogP contribution in [-0.2, 0) is 4.79 Å². The average molecular weight is 434 g/mol. The second kappa shape index (κ2) is 6.88. The molecule has 1 heterocycles. The topological polar surface area (TPSA) is 41.5 Å². The number of carbonyl (C=O) groups is 1. The summed E-state index contributed by atoms with van der Waals surface area (Å²) in [6.07, 6.45) is 1.91. The zero-order chi connectivity index (χ0) is 16.4. The molecular weight excluding hydrogens is 419 g/mol. The van der Waals surface area contributed by atoms with Crippen LogP contribution in [0.25, 0.3) is 6.08 Å². The molecule has 3 nitrogen and oxygen atoms in total. The first kappa shape index (κ1) is 16.3. The van der Waals surface area contributed by atoms with Crippen LogP contribution in [0, 0.1) is 17.4 Å². The molecule has 0 saturated carbocycles. The van der Waals surface area contributed by atoms with Crippen molar-refractivity contribution in [3.05, 3.63) is 67.6 Å². The van der Waals surface area contributed by atoms with Gasteiger partial charge in [0.1, 0.15) is 0 Å². The van der Waals surface area contributed by atoms with Crippen LogP contribution in [0.4, 0.5) is 5.69 Å². The van der Waals surface area contributed by atoms with Crippen molar-refractivity contribution in [2.24, 2.45) is 4.99 Å². The van der Waals surface area contributed by atoms with Gasteiger partial charge in [-0.05, 0) is 89.2 Å². The molecular formula is C18H15IN2OS. The third-order valence-electron chi connectivity index (χ3n) is 3.28. The van der Waals surface area contributed by atoms with Crippen molar-refractivity contribution in [2.75, 3.05) is 0 Å². The zero-order valence-electron chi connectivity index (χ0n) is 12.8. The van der Waals surface area contributed by atoms with Gasteiger partial charge in [0, 0.05) is 3.57 Å². The summed E-state index contributed by atoms with van der Waals surface area (Å²) in [7, 11) is 0. The van der Waals surface area contributed by atoms with E-state index < -0.39 is 0 Å². The van der Waals surface area contributed by atoms with Crippen LogP contribution in [0.2, 0.25) is 0 Å². The normalized spacial score (nSPS) is 17.8. The molecule has 3 rings (SSSR count). The van der Waals surface area contributed by atoms with Gasteiger partial charge in [-0.25, -0.2) is 4.99 Å². The minimum atomic E-state index is -0.0993. The van der Waals surface area contributed by atoms with E-state index in [-0.39, 0.29) is 5.91 Å².